The van der Waals surface area contributed by atoms with Gasteiger partial charge < -0.3 is 9.55 Å². The molecule has 0 atom stereocenters. The molecule has 0 unspecified atom stereocenters. The molecule has 0 saturated carbocycles. The molecule has 22 heavy (non-hydrogen) atoms. The van der Waals surface area contributed by atoms with E-state index in [1.807, 2.05) is 34.9 Å². The van der Waals surface area contributed by atoms with E-state index < -0.39 is 0 Å². The largest absolute Gasteiger partial charge is 0.325 e. The van der Waals surface area contributed by atoms with Gasteiger partial charge in [-0.1, -0.05) is 56.5 Å². The van der Waals surface area contributed by atoms with Crippen LogP contribution in [-0.2, 0) is 6.54 Å². The van der Waals surface area contributed by atoms with Gasteiger partial charge >= 0.3 is 0 Å². The number of rotatable bonds is 6. The Labute approximate surface area is 129 Å². The van der Waals surface area contributed by atoms with E-state index in [0.717, 1.165) is 18.5 Å². The number of aryl methyl sites for hydroxylation is 1. The molecule has 0 aliphatic carbocycles. The fraction of sp³-hybridized carbons (Fsp3) is 0.353. The zero-order valence-electron chi connectivity index (χ0n) is 12.7. The van der Waals surface area contributed by atoms with Crippen molar-refractivity contribution in [3.05, 3.63) is 47.0 Å². The minimum Gasteiger partial charge on any atom is -0.325 e. The molecular weight excluding hydrogens is 276 g/mol. The first-order valence-electron chi connectivity index (χ1n) is 7.80. The van der Waals surface area contributed by atoms with Gasteiger partial charge in [-0.3, -0.25) is 4.79 Å². The number of aromatic amines is 1. The van der Waals surface area contributed by atoms with Crippen LogP contribution in [0, 0.1) is 0 Å². The lowest BCUT2D eigenvalue weighted by molar-refractivity contribution is 0.590. The van der Waals surface area contributed by atoms with Gasteiger partial charge in [0.2, 0.25) is 0 Å². The van der Waals surface area contributed by atoms with Crippen LogP contribution in [0.3, 0.4) is 0 Å². The Morgan fingerprint density at radius 3 is 2.73 bits per heavy atom. The van der Waals surface area contributed by atoms with Gasteiger partial charge in [0.15, 0.2) is 11.2 Å². The normalized spacial score (nSPS) is 11.1. The third-order valence-electron chi connectivity index (χ3n) is 3.78. The third kappa shape index (κ3) is 2.93. The topological polar surface area (TPSA) is 63.6 Å². The standard InChI is InChI=1S/C17H20N4O/c1-2-3-4-8-11-21-12-18-16-14(21)17(22)20-15(19-16)13-9-6-5-7-10-13/h5-7,9-10,12H,2-4,8,11H2,1H3,(H,19,20,22). The number of benzene rings is 1. The predicted octanol–water partition coefficient (Wildman–Crippen LogP) is 3.37. The molecule has 114 valence electrons. The average molecular weight is 296 g/mol. The second-order valence-corrected chi connectivity index (χ2v) is 5.45. The highest BCUT2D eigenvalue weighted by atomic mass is 16.1. The van der Waals surface area contributed by atoms with Crippen molar-refractivity contribution in [1.82, 2.24) is 19.5 Å². The molecule has 0 bridgehead atoms. The Bertz CT molecular complexity index is 804. The van der Waals surface area contributed by atoms with Gasteiger partial charge in [-0.05, 0) is 6.42 Å². The fourth-order valence-corrected chi connectivity index (χ4v) is 2.60. The Kier molecular flexibility index (Phi) is 4.32. The van der Waals surface area contributed by atoms with Gasteiger partial charge in [-0.15, -0.1) is 0 Å². The highest BCUT2D eigenvalue weighted by Gasteiger charge is 2.11. The molecule has 3 aromatic rings. The van der Waals surface area contributed by atoms with Crippen molar-refractivity contribution < 1.29 is 0 Å². The number of nitrogens with zero attached hydrogens (tertiary/aromatic N) is 3. The fourth-order valence-electron chi connectivity index (χ4n) is 2.60. The van der Waals surface area contributed by atoms with Crippen molar-refractivity contribution in [2.24, 2.45) is 0 Å². The van der Waals surface area contributed by atoms with E-state index in [1.165, 1.54) is 19.3 Å². The van der Waals surface area contributed by atoms with Gasteiger partial charge in [-0.25, -0.2) is 9.97 Å². The molecule has 1 N–H and O–H groups in total. The lowest BCUT2D eigenvalue weighted by atomic mass is 10.2. The monoisotopic (exact) mass is 296 g/mol. The summed E-state index contributed by atoms with van der Waals surface area (Å²) in [5, 5.41) is 0. The lowest BCUT2D eigenvalue weighted by Gasteiger charge is -2.04. The van der Waals surface area contributed by atoms with Crippen LogP contribution in [0.1, 0.15) is 32.6 Å². The number of hydrogen-bond donors (Lipinski definition) is 1. The van der Waals surface area contributed by atoms with Gasteiger partial charge in [0.05, 0.1) is 6.33 Å². The SMILES string of the molecule is CCCCCCn1cnc2nc(-c3ccccc3)[nH]c(=O)c21. The highest BCUT2D eigenvalue weighted by molar-refractivity contribution is 5.72. The zero-order chi connectivity index (χ0) is 15.4. The quantitative estimate of drug-likeness (QED) is 0.709. The zero-order valence-corrected chi connectivity index (χ0v) is 12.7. The summed E-state index contributed by atoms with van der Waals surface area (Å²) in [6.07, 6.45) is 6.36. The summed E-state index contributed by atoms with van der Waals surface area (Å²) < 4.78 is 1.91. The Morgan fingerprint density at radius 2 is 1.95 bits per heavy atom. The van der Waals surface area contributed by atoms with Gasteiger partial charge in [0.1, 0.15) is 5.82 Å². The Morgan fingerprint density at radius 1 is 1.14 bits per heavy atom. The smallest absolute Gasteiger partial charge is 0.277 e. The summed E-state index contributed by atoms with van der Waals surface area (Å²) in [6, 6.07) is 9.63. The van der Waals surface area contributed by atoms with Crippen LogP contribution in [0.5, 0.6) is 0 Å². The molecule has 2 heterocycles. The van der Waals surface area contributed by atoms with Crippen LogP contribution in [0.25, 0.3) is 22.6 Å². The third-order valence-corrected chi connectivity index (χ3v) is 3.78. The van der Waals surface area contributed by atoms with Crippen LogP contribution in [0.2, 0.25) is 0 Å². The van der Waals surface area contributed by atoms with E-state index in [0.29, 0.717) is 17.0 Å². The molecule has 0 aliphatic rings. The Hall–Kier alpha value is -2.43. The highest BCUT2D eigenvalue weighted by Crippen LogP contribution is 2.15. The van der Waals surface area contributed by atoms with Gasteiger partial charge in [-0.2, -0.15) is 0 Å². The molecule has 0 amide bonds. The summed E-state index contributed by atoms with van der Waals surface area (Å²) in [5.74, 6) is 0.564. The number of hydrogen-bond acceptors (Lipinski definition) is 3. The number of H-pyrrole nitrogens is 1. The first kappa shape index (κ1) is 14.5. The number of fused-ring (bicyclic) bond motifs is 1. The maximum absolute atomic E-state index is 12.4. The first-order valence-corrected chi connectivity index (χ1v) is 7.80. The molecule has 0 fully saturated rings. The maximum atomic E-state index is 12.4. The molecular formula is C17H20N4O. The minimum atomic E-state index is -0.128. The second-order valence-electron chi connectivity index (χ2n) is 5.45. The van der Waals surface area contributed by atoms with E-state index in [1.54, 1.807) is 6.33 Å². The molecule has 3 rings (SSSR count). The molecule has 1 aromatic carbocycles. The average Bonchev–Trinajstić information content (AvgIpc) is 2.96. The van der Waals surface area contributed by atoms with Crippen LogP contribution in [-0.4, -0.2) is 19.5 Å². The molecule has 0 aliphatic heterocycles. The molecule has 0 saturated heterocycles. The van der Waals surface area contributed by atoms with Crippen LogP contribution in [0.15, 0.2) is 41.5 Å². The van der Waals surface area contributed by atoms with Crippen molar-refractivity contribution in [3.8, 4) is 11.4 Å². The number of imidazole rings is 1. The number of aromatic nitrogens is 4. The summed E-state index contributed by atoms with van der Waals surface area (Å²) in [5.41, 5.74) is 1.84. The summed E-state index contributed by atoms with van der Waals surface area (Å²) in [6.45, 7) is 3.00. The minimum absolute atomic E-state index is 0.128. The number of nitrogens with one attached hydrogen (secondary N) is 1. The molecule has 5 nitrogen and oxygen atoms in total. The van der Waals surface area contributed by atoms with E-state index in [2.05, 4.69) is 21.9 Å². The lowest BCUT2D eigenvalue weighted by Crippen LogP contribution is -2.13. The molecule has 0 spiro atoms. The van der Waals surface area contributed by atoms with Crippen molar-refractivity contribution >= 4 is 11.2 Å². The van der Waals surface area contributed by atoms with Crippen molar-refractivity contribution in [2.75, 3.05) is 0 Å². The number of unbranched alkanes of at least 4 members (excludes halogenated alkanes) is 3. The molecule has 2 aromatic heterocycles. The summed E-state index contributed by atoms with van der Waals surface area (Å²) in [4.78, 5) is 24.0. The van der Waals surface area contributed by atoms with Crippen LogP contribution < -0.4 is 5.56 Å². The van der Waals surface area contributed by atoms with E-state index in [9.17, 15) is 4.79 Å². The van der Waals surface area contributed by atoms with Crippen LogP contribution >= 0.6 is 0 Å². The van der Waals surface area contributed by atoms with Crippen LogP contribution in [0.4, 0.5) is 0 Å². The van der Waals surface area contributed by atoms with E-state index in [-0.39, 0.29) is 5.56 Å². The van der Waals surface area contributed by atoms with Crippen molar-refractivity contribution in [3.63, 3.8) is 0 Å². The Balaban J connectivity index is 1.91. The van der Waals surface area contributed by atoms with E-state index >= 15 is 0 Å². The van der Waals surface area contributed by atoms with Gasteiger partial charge in [0.25, 0.3) is 5.56 Å². The first-order chi connectivity index (χ1) is 10.8. The molecule has 0 radical (unpaired) electrons. The van der Waals surface area contributed by atoms with Gasteiger partial charge in [0, 0.05) is 12.1 Å². The molecule has 5 heteroatoms. The predicted molar refractivity (Wildman–Crippen MR) is 87.7 cm³/mol. The van der Waals surface area contributed by atoms with Crippen molar-refractivity contribution in [2.45, 2.75) is 39.2 Å². The summed E-state index contributed by atoms with van der Waals surface area (Å²) >= 11 is 0. The summed E-state index contributed by atoms with van der Waals surface area (Å²) in [7, 11) is 0. The second kappa shape index (κ2) is 6.56. The maximum Gasteiger partial charge on any atom is 0.277 e. The van der Waals surface area contributed by atoms with E-state index in [4.69, 9.17) is 0 Å². The van der Waals surface area contributed by atoms with Crippen molar-refractivity contribution in [1.29, 1.82) is 0 Å².